The van der Waals surface area contributed by atoms with Crippen LogP contribution in [0.1, 0.15) is 12.8 Å². The standard InChI is InChI=1S/C19H30N4O2S/c1-21(2)13-7-15-23(16-8-14-22(3)4)26(24,25)18-11-5-9-17-10-6-12-20-19(17)18/h5-6,9-12H,7-8,13-16H2,1-4H3. The summed E-state index contributed by atoms with van der Waals surface area (Å²) in [5, 5.41) is 0.843. The number of aromatic nitrogens is 1. The lowest BCUT2D eigenvalue weighted by molar-refractivity contribution is 0.327. The molecule has 0 aliphatic heterocycles. The first kappa shape index (κ1) is 20.8. The van der Waals surface area contributed by atoms with E-state index in [9.17, 15) is 8.42 Å². The second-order valence-corrected chi connectivity index (χ2v) is 8.96. The van der Waals surface area contributed by atoms with Gasteiger partial charge in [-0.3, -0.25) is 4.98 Å². The minimum absolute atomic E-state index is 0.297. The third-order valence-electron chi connectivity index (χ3n) is 4.24. The summed E-state index contributed by atoms with van der Waals surface area (Å²) in [5.74, 6) is 0. The molecule has 0 saturated heterocycles. The second kappa shape index (κ2) is 9.41. The maximum absolute atomic E-state index is 13.4. The van der Waals surface area contributed by atoms with Crippen molar-refractivity contribution in [2.24, 2.45) is 0 Å². The predicted molar refractivity (Wildman–Crippen MR) is 107 cm³/mol. The van der Waals surface area contributed by atoms with E-state index >= 15 is 0 Å². The molecule has 0 aliphatic carbocycles. The molecule has 0 atom stereocenters. The fraction of sp³-hybridized carbons (Fsp3) is 0.526. The summed E-state index contributed by atoms with van der Waals surface area (Å²) in [6, 6.07) is 9.06. The summed E-state index contributed by atoms with van der Waals surface area (Å²) in [4.78, 5) is 8.77. The van der Waals surface area contributed by atoms with Crippen LogP contribution in [0.2, 0.25) is 0 Å². The highest BCUT2D eigenvalue weighted by Gasteiger charge is 2.26. The van der Waals surface area contributed by atoms with E-state index in [1.807, 2.05) is 46.4 Å². The highest BCUT2D eigenvalue weighted by atomic mass is 32.2. The number of hydrogen-bond donors (Lipinski definition) is 0. The zero-order valence-electron chi connectivity index (χ0n) is 16.2. The van der Waals surface area contributed by atoms with E-state index in [1.54, 1.807) is 22.6 Å². The lowest BCUT2D eigenvalue weighted by Gasteiger charge is -2.24. The van der Waals surface area contributed by atoms with Crippen molar-refractivity contribution >= 4 is 20.9 Å². The number of rotatable bonds is 10. The zero-order valence-corrected chi connectivity index (χ0v) is 17.0. The zero-order chi connectivity index (χ0) is 19.2. The second-order valence-electron chi connectivity index (χ2n) is 7.05. The molecule has 2 aromatic rings. The van der Waals surface area contributed by atoms with Crippen LogP contribution in [0.25, 0.3) is 10.9 Å². The Balaban J connectivity index is 2.30. The first-order valence-corrected chi connectivity index (χ1v) is 10.4. The number of nitrogens with zero attached hydrogens (tertiary/aromatic N) is 4. The van der Waals surface area contributed by atoms with Crippen LogP contribution < -0.4 is 0 Å². The summed E-state index contributed by atoms with van der Waals surface area (Å²) in [6.07, 6.45) is 3.24. The highest BCUT2D eigenvalue weighted by molar-refractivity contribution is 7.89. The van der Waals surface area contributed by atoms with E-state index in [1.165, 1.54) is 0 Å². The molecule has 0 saturated carbocycles. The van der Waals surface area contributed by atoms with Gasteiger partial charge in [-0.2, -0.15) is 4.31 Å². The van der Waals surface area contributed by atoms with Crippen LogP contribution in [-0.2, 0) is 10.0 Å². The maximum Gasteiger partial charge on any atom is 0.245 e. The van der Waals surface area contributed by atoms with E-state index < -0.39 is 10.0 Å². The van der Waals surface area contributed by atoms with Crippen LogP contribution in [0, 0.1) is 0 Å². The van der Waals surface area contributed by atoms with Crippen LogP contribution in [-0.4, -0.2) is 81.9 Å². The molecule has 1 aromatic heterocycles. The van der Waals surface area contributed by atoms with Gasteiger partial charge in [-0.1, -0.05) is 18.2 Å². The van der Waals surface area contributed by atoms with Crippen LogP contribution in [0.5, 0.6) is 0 Å². The normalized spacial score (nSPS) is 12.6. The van der Waals surface area contributed by atoms with Gasteiger partial charge in [0.2, 0.25) is 10.0 Å². The molecule has 0 aliphatic rings. The van der Waals surface area contributed by atoms with Crippen LogP contribution >= 0.6 is 0 Å². The van der Waals surface area contributed by atoms with Gasteiger partial charge in [0, 0.05) is 24.7 Å². The van der Waals surface area contributed by atoms with Crippen molar-refractivity contribution in [2.45, 2.75) is 17.7 Å². The molecule has 1 heterocycles. The third kappa shape index (κ3) is 5.48. The Morgan fingerprint density at radius 2 is 1.42 bits per heavy atom. The molecule has 2 rings (SSSR count). The summed E-state index contributed by atoms with van der Waals surface area (Å²) in [5.41, 5.74) is 0.542. The van der Waals surface area contributed by atoms with Gasteiger partial charge in [0.05, 0.1) is 5.52 Å². The van der Waals surface area contributed by atoms with Gasteiger partial charge in [0.1, 0.15) is 4.90 Å². The molecular weight excluding hydrogens is 348 g/mol. The van der Waals surface area contributed by atoms with Crippen LogP contribution in [0.15, 0.2) is 41.4 Å². The Bertz CT molecular complexity index is 787. The van der Waals surface area contributed by atoms with E-state index in [-0.39, 0.29) is 0 Å². The molecular formula is C19H30N4O2S. The molecule has 0 bridgehead atoms. The monoisotopic (exact) mass is 378 g/mol. The van der Waals surface area contributed by atoms with E-state index in [0.29, 0.717) is 23.5 Å². The molecule has 0 amide bonds. The largest absolute Gasteiger partial charge is 0.309 e. The number of fused-ring (bicyclic) bond motifs is 1. The average Bonchev–Trinajstić information content (AvgIpc) is 2.59. The molecule has 26 heavy (non-hydrogen) atoms. The smallest absolute Gasteiger partial charge is 0.245 e. The summed E-state index contributed by atoms with van der Waals surface area (Å²) < 4.78 is 28.3. The van der Waals surface area contributed by atoms with Gasteiger partial charge in [-0.15, -0.1) is 0 Å². The number of pyridine rings is 1. The number of hydrogen-bond acceptors (Lipinski definition) is 5. The van der Waals surface area contributed by atoms with Crippen LogP contribution in [0.3, 0.4) is 0 Å². The summed E-state index contributed by atoms with van der Waals surface area (Å²) in [7, 11) is 4.41. The van der Waals surface area contributed by atoms with Crippen molar-refractivity contribution in [2.75, 3.05) is 54.4 Å². The molecule has 1 aromatic carbocycles. The first-order chi connectivity index (χ1) is 12.3. The van der Waals surface area contributed by atoms with Gasteiger partial charge in [0.15, 0.2) is 0 Å². The number of benzene rings is 1. The quantitative estimate of drug-likeness (QED) is 0.634. The van der Waals surface area contributed by atoms with Gasteiger partial charge in [-0.25, -0.2) is 8.42 Å². The number of sulfonamides is 1. The average molecular weight is 379 g/mol. The molecule has 0 fully saturated rings. The molecule has 0 spiro atoms. The van der Waals surface area contributed by atoms with Gasteiger partial charge in [0.25, 0.3) is 0 Å². The minimum Gasteiger partial charge on any atom is -0.309 e. The lowest BCUT2D eigenvalue weighted by Crippen LogP contribution is -2.35. The Morgan fingerprint density at radius 1 is 0.846 bits per heavy atom. The Labute approximate surface area is 157 Å². The van der Waals surface area contributed by atoms with Crippen molar-refractivity contribution in [3.8, 4) is 0 Å². The topological polar surface area (TPSA) is 56.8 Å². The van der Waals surface area contributed by atoms with Crippen LogP contribution in [0.4, 0.5) is 0 Å². The molecule has 0 radical (unpaired) electrons. The van der Waals surface area contributed by atoms with Crippen molar-refractivity contribution in [3.05, 3.63) is 36.5 Å². The predicted octanol–water partition coefficient (Wildman–Crippen LogP) is 2.13. The van der Waals surface area contributed by atoms with E-state index in [2.05, 4.69) is 14.8 Å². The van der Waals surface area contributed by atoms with E-state index in [4.69, 9.17) is 0 Å². The molecule has 6 nitrogen and oxygen atoms in total. The Morgan fingerprint density at radius 3 is 2.00 bits per heavy atom. The third-order valence-corrected chi connectivity index (χ3v) is 6.17. The van der Waals surface area contributed by atoms with Crippen molar-refractivity contribution in [1.82, 2.24) is 19.1 Å². The maximum atomic E-state index is 13.4. The van der Waals surface area contributed by atoms with E-state index in [0.717, 1.165) is 31.3 Å². The van der Waals surface area contributed by atoms with Crippen molar-refractivity contribution in [1.29, 1.82) is 0 Å². The molecule has 144 valence electrons. The van der Waals surface area contributed by atoms with Gasteiger partial charge in [-0.05, 0) is 66.3 Å². The molecule has 0 N–H and O–H groups in total. The molecule has 7 heteroatoms. The Hall–Kier alpha value is -1.54. The SMILES string of the molecule is CN(C)CCCN(CCCN(C)C)S(=O)(=O)c1cccc2cccnc12. The Kier molecular flexibility index (Phi) is 7.52. The number of para-hydroxylation sites is 1. The fourth-order valence-electron chi connectivity index (χ4n) is 2.90. The molecule has 0 unspecified atom stereocenters. The highest BCUT2D eigenvalue weighted by Crippen LogP contribution is 2.24. The van der Waals surface area contributed by atoms with Gasteiger partial charge >= 0.3 is 0 Å². The minimum atomic E-state index is -3.59. The summed E-state index contributed by atoms with van der Waals surface area (Å²) in [6.45, 7) is 2.73. The van der Waals surface area contributed by atoms with Crippen molar-refractivity contribution < 1.29 is 8.42 Å². The van der Waals surface area contributed by atoms with Gasteiger partial charge < -0.3 is 9.80 Å². The van der Waals surface area contributed by atoms with Crippen molar-refractivity contribution in [3.63, 3.8) is 0 Å². The first-order valence-electron chi connectivity index (χ1n) is 8.95. The summed E-state index contributed by atoms with van der Waals surface area (Å²) >= 11 is 0. The lowest BCUT2D eigenvalue weighted by atomic mass is 10.2. The fourth-order valence-corrected chi connectivity index (χ4v) is 4.58.